The van der Waals surface area contributed by atoms with Gasteiger partial charge in [-0.2, -0.15) is 12.6 Å². The fraction of sp³-hybridized carbons (Fsp3) is 0.364. The SMILES string of the molecule is COc1ccc([C@@H]2C=C(c3ccccc3)S[C@@]3(S)CCCC[C@H]23)cc1. The van der Waals surface area contributed by atoms with Crippen LogP contribution in [0.15, 0.2) is 60.7 Å². The molecule has 1 fully saturated rings. The van der Waals surface area contributed by atoms with Crippen molar-refractivity contribution in [2.75, 3.05) is 7.11 Å². The average Bonchev–Trinajstić information content (AvgIpc) is 2.67. The number of ether oxygens (including phenoxy) is 1. The standard InChI is InChI=1S/C22H24OS2/c1-23-18-12-10-16(11-13-18)19-15-21(17-7-3-2-4-8-17)25-22(24)14-6-5-9-20(19)22/h2-4,7-8,10-13,15,19-20,24H,5-6,9,14H2,1H3/t19-,20+,22-/m0/s1. The lowest BCUT2D eigenvalue weighted by molar-refractivity contribution is 0.322. The first-order valence-electron chi connectivity index (χ1n) is 9.02. The van der Waals surface area contributed by atoms with Gasteiger partial charge in [0.15, 0.2) is 0 Å². The van der Waals surface area contributed by atoms with Gasteiger partial charge in [-0.05, 0) is 42.0 Å². The molecule has 3 atom stereocenters. The number of rotatable bonds is 3. The highest BCUT2D eigenvalue weighted by molar-refractivity contribution is 8.18. The van der Waals surface area contributed by atoms with Crippen LogP contribution in [0.1, 0.15) is 42.7 Å². The number of allylic oxidation sites excluding steroid dienone is 1. The summed E-state index contributed by atoms with van der Waals surface area (Å²) in [6.07, 6.45) is 7.51. The molecule has 1 saturated carbocycles. The van der Waals surface area contributed by atoms with Crippen LogP contribution in [0, 0.1) is 5.92 Å². The van der Waals surface area contributed by atoms with Crippen molar-refractivity contribution in [2.45, 2.75) is 35.7 Å². The molecule has 0 aromatic heterocycles. The van der Waals surface area contributed by atoms with Crippen LogP contribution < -0.4 is 4.74 Å². The van der Waals surface area contributed by atoms with Gasteiger partial charge in [0.25, 0.3) is 0 Å². The molecule has 0 spiro atoms. The maximum absolute atomic E-state index is 5.34. The van der Waals surface area contributed by atoms with Crippen molar-refractivity contribution in [1.29, 1.82) is 0 Å². The van der Waals surface area contributed by atoms with Gasteiger partial charge in [0.2, 0.25) is 0 Å². The van der Waals surface area contributed by atoms with Crippen LogP contribution in [0.4, 0.5) is 0 Å². The zero-order valence-electron chi connectivity index (χ0n) is 14.5. The van der Waals surface area contributed by atoms with Crippen LogP contribution in [0.3, 0.4) is 0 Å². The van der Waals surface area contributed by atoms with Crippen LogP contribution in [0.2, 0.25) is 0 Å². The molecule has 2 aromatic carbocycles. The summed E-state index contributed by atoms with van der Waals surface area (Å²) in [6.45, 7) is 0. The fourth-order valence-corrected chi connectivity index (χ4v) is 6.41. The minimum atomic E-state index is 0.0305. The highest BCUT2D eigenvalue weighted by atomic mass is 32.2. The number of thiol groups is 1. The van der Waals surface area contributed by atoms with E-state index in [0.717, 1.165) is 5.75 Å². The van der Waals surface area contributed by atoms with E-state index < -0.39 is 0 Å². The highest BCUT2D eigenvalue weighted by Crippen LogP contribution is 2.60. The summed E-state index contributed by atoms with van der Waals surface area (Å²) in [5, 5.41) is 0. The van der Waals surface area contributed by atoms with Gasteiger partial charge in [-0.25, -0.2) is 0 Å². The summed E-state index contributed by atoms with van der Waals surface area (Å²) < 4.78 is 5.37. The second kappa shape index (κ2) is 7.13. The summed E-state index contributed by atoms with van der Waals surface area (Å²) >= 11 is 7.21. The molecule has 1 heterocycles. The number of thioether (sulfide) groups is 1. The third kappa shape index (κ3) is 3.37. The molecular weight excluding hydrogens is 344 g/mol. The van der Waals surface area contributed by atoms with E-state index in [0.29, 0.717) is 11.8 Å². The van der Waals surface area contributed by atoms with Crippen molar-refractivity contribution in [2.24, 2.45) is 5.92 Å². The zero-order chi connectivity index (χ0) is 17.3. The monoisotopic (exact) mass is 368 g/mol. The summed E-state index contributed by atoms with van der Waals surface area (Å²) in [7, 11) is 1.72. The molecule has 0 amide bonds. The summed E-state index contributed by atoms with van der Waals surface area (Å²) in [4.78, 5) is 1.37. The highest BCUT2D eigenvalue weighted by Gasteiger charge is 2.46. The molecule has 0 radical (unpaired) electrons. The summed E-state index contributed by atoms with van der Waals surface area (Å²) in [6, 6.07) is 19.4. The van der Waals surface area contributed by atoms with Crippen LogP contribution in [0.5, 0.6) is 5.75 Å². The second-order valence-corrected chi connectivity index (χ2v) is 9.47. The van der Waals surface area contributed by atoms with Crippen molar-refractivity contribution in [3.05, 3.63) is 71.8 Å². The Morgan fingerprint density at radius 1 is 1.04 bits per heavy atom. The molecule has 2 aliphatic rings. The third-order valence-corrected chi connectivity index (χ3v) is 7.77. The normalized spacial score (nSPS) is 28.8. The Kier molecular flexibility index (Phi) is 4.88. The van der Waals surface area contributed by atoms with Crippen molar-refractivity contribution >= 4 is 29.3 Å². The van der Waals surface area contributed by atoms with Gasteiger partial charge < -0.3 is 4.74 Å². The predicted octanol–water partition coefficient (Wildman–Crippen LogP) is 6.38. The number of benzene rings is 2. The lowest BCUT2D eigenvalue weighted by Gasteiger charge is -2.47. The third-order valence-electron chi connectivity index (χ3n) is 5.49. The van der Waals surface area contributed by atoms with Crippen molar-refractivity contribution < 1.29 is 4.74 Å². The second-order valence-electron chi connectivity index (χ2n) is 7.00. The molecule has 3 heteroatoms. The van der Waals surface area contributed by atoms with Gasteiger partial charge in [-0.15, -0.1) is 11.8 Å². The summed E-state index contributed by atoms with van der Waals surface area (Å²) in [5.41, 5.74) is 2.68. The molecule has 0 bridgehead atoms. The van der Waals surface area contributed by atoms with E-state index in [1.54, 1.807) is 7.11 Å². The minimum Gasteiger partial charge on any atom is -0.497 e. The van der Waals surface area contributed by atoms with Crippen molar-refractivity contribution in [3.63, 3.8) is 0 Å². The Morgan fingerprint density at radius 3 is 2.52 bits per heavy atom. The molecule has 1 aliphatic carbocycles. The van der Waals surface area contributed by atoms with Crippen LogP contribution in [0.25, 0.3) is 4.91 Å². The average molecular weight is 369 g/mol. The van der Waals surface area contributed by atoms with Crippen LogP contribution in [-0.2, 0) is 0 Å². The van der Waals surface area contributed by atoms with E-state index in [1.165, 1.54) is 41.7 Å². The molecule has 1 aliphatic heterocycles. The first-order chi connectivity index (χ1) is 12.2. The van der Waals surface area contributed by atoms with E-state index in [-0.39, 0.29) is 4.08 Å². The number of hydrogen-bond acceptors (Lipinski definition) is 3. The van der Waals surface area contributed by atoms with Gasteiger partial charge in [0, 0.05) is 10.8 Å². The molecule has 4 rings (SSSR count). The molecule has 0 unspecified atom stereocenters. The van der Waals surface area contributed by atoms with E-state index in [9.17, 15) is 0 Å². The van der Waals surface area contributed by atoms with Crippen molar-refractivity contribution in [3.8, 4) is 5.75 Å². The smallest absolute Gasteiger partial charge is 0.118 e. The number of hydrogen-bond donors (Lipinski definition) is 1. The summed E-state index contributed by atoms with van der Waals surface area (Å²) in [5.74, 6) is 1.91. The maximum Gasteiger partial charge on any atom is 0.118 e. The molecule has 0 saturated heterocycles. The maximum atomic E-state index is 5.34. The van der Waals surface area contributed by atoms with Gasteiger partial charge in [-0.1, -0.05) is 61.4 Å². The van der Waals surface area contributed by atoms with Gasteiger partial charge in [0.05, 0.1) is 11.2 Å². The first kappa shape index (κ1) is 17.1. The topological polar surface area (TPSA) is 9.23 Å². The molecule has 2 aromatic rings. The zero-order valence-corrected chi connectivity index (χ0v) is 16.2. The van der Waals surface area contributed by atoms with E-state index >= 15 is 0 Å². The van der Waals surface area contributed by atoms with Gasteiger partial charge in [-0.3, -0.25) is 0 Å². The lowest BCUT2D eigenvalue weighted by Crippen LogP contribution is -2.38. The van der Waals surface area contributed by atoms with E-state index in [4.69, 9.17) is 17.4 Å². The Balaban J connectivity index is 1.77. The number of methoxy groups -OCH3 is 1. The van der Waals surface area contributed by atoms with Crippen molar-refractivity contribution in [1.82, 2.24) is 0 Å². The Morgan fingerprint density at radius 2 is 1.80 bits per heavy atom. The van der Waals surface area contributed by atoms with E-state index in [1.807, 2.05) is 11.8 Å². The lowest BCUT2D eigenvalue weighted by atomic mass is 9.75. The first-order valence-corrected chi connectivity index (χ1v) is 10.3. The molecule has 130 valence electrons. The van der Waals surface area contributed by atoms with E-state index in [2.05, 4.69) is 60.7 Å². The predicted molar refractivity (Wildman–Crippen MR) is 111 cm³/mol. The number of fused-ring (bicyclic) bond motifs is 1. The molecule has 0 N–H and O–H groups in total. The molecule has 25 heavy (non-hydrogen) atoms. The van der Waals surface area contributed by atoms with Gasteiger partial charge >= 0.3 is 0 Å². The Hall–Kier alpha value is -1.32. The quantitative estimate of drug-likeness (QED) is 0.629. The largest absolute Gasteiger partial charge is 0.497 e. The molecular formula is C22H24OS2. The van der Waals surface area contributed by atoms with Crippen LogP contribution in [-0.4, -0.2) is 11.2 Å². The van der Waals surface area contributed by atoms with Gasteiger partial charge in [0.1, 0.15) is 5.75 Å². The Labute approximate surface area is 160 Å². The molecule has 1 nitrogen and oxygen atoms in total. The fourth-order valence-electron chi connectivity index (χ4n) is 4.16. The Bertz CT molecular complexity index is 753. The van der Waals surface area contributed by atoms with Crippen LogP contribution >= 0.6 is 24.4 Å². The minimum absolute atomic E-state index is 0.0305.